The third-order valence-electron chi connectivity index (χ3n) is 2.24. The van der Waals surface area contributed by atoms with E-state index < -0.39 is 0 Å². The Bertz CT molecular complexity index is 423. The van der Waals surface area contributed by atoms with Gasteiger partial charge in [-0.05, 0) is 6.42 Å². The fourth-order valence-corrected chi connectivity index (χ4v) is 1.49. The molecule has 2 aromatic rings. The summed E-state index contributed by atoms with van der Waals surface area (Å²) in [6, 6.07) is 1.97. The molecule has 0 fully saturated rings. The molecule has 84 valence electrons. The van der Waals surface area contributed by atoms with Gasteiger partial charge in [0, 0.05) is 37.1 Å². The van der Waals surface area contributed by atoms with Crippen LogP contribution in [0, 0.1) is 0 Å². The van der Waals surface area contributed by atoms with Crippen molar-refractivity contribution in [1.82, 2.24) is 19.7 Å². The molecule has 5 nitrogen and oxygen atoms in total. The minimum Gasteiger partial charge on any atom is -0.366 e. The fourth-order valence-electron chi connectivity index (χ4n) is 1.49. The van der Waals surface area contributed by atoms with Gasteiger partial charge in [-0.1, -0.05) is 6.92 Å². The molecule has 0 aliphatic heterocycles. The molecular formula is C11H15N5. The zero-order valence-electron chi connectivity index (χ0n) is 9.30. The van der Waals surface area contributed by atoms with Crippen LogP contribution >= 0.6 is 0 Å². The van der Waals surface area contributed by atoms with Crippen molar-refractivity contribution < 1.29 is 0 Å². The molecule has 2 aromatic heterocycles. The smallest absolute Gasteiger partial charge is 0.124 e. The zero-order valence-corrected chi connectivity index (χ0v) is 9.30. The number of anilines is 1. The first-order valence-electron chi connectivity index (χ1n) is 5.39. The topological polar surface area (TPSA) is 55.6 Å². The standard InChI is InChI=1S/C11H15N5/c1-2-5-16-11(3-4-15-16)14-8-10-6-12-9-13-7-10/h3-4,6-7,9,14H,2,5,8H2,1H3. The molecule has 2 rings (SSSR count). The molecule has 0 saturated heterocycles. The molecule has 2 heterocycles. The maximum Gasteiger partial charge on any atom is 0.124 e. The van der Waals surface area contributed by atoms with Gasteiger partial charge in [0.25, 0.3) is 0 Å². The van der Waals surface area contributed by atoms with E-state index in [2.05, 4.69) is 27.3 Å². The average Bonchev–Trinajstić information content (AvgIpc) is 2.76. The van der Waals surface area contributed by atoms with E-state index >= 15 is 0 Å². The summed E-state index contributed by atoms with van der Waals surface area (Å²) in [6.07, 6.45) is 8.02. The molecule has 0 aliphatic carbocycles. The predicted octanol–water partition coefficient (Wildman–Crippen LogP) is 1.70. The lowest BCUT2D eigenvalue weighted by Crippen LogP contribution is -2.08. The van der Waals surface area contributed by atoms with Crippen molar-refractivity contribution in [3.05, 3.63) is 36.5 Å². The van der Waals surface area contributed by atoms with Crippen molar-refractivity contribution in [1.29, 1.82) is 0 Å². The van der Waals surface area contributed by atoms with Crippen molar-refractivity contribution in [2.75, 3.05) is 5.32 Å². The Kier molecular flexibility index (Phi) is 3.48. The Morgan fingerprint density at radius 3 is 2.88 bits per heavy atom. The van der Waals surface area contributed by atoms with E-state index in [-0.39, 0.29) is 0 Å². The second kappa shape index (κ2) is 5.25. The van der Waals surface area contributed by atoms with Crippen LogP contribution in [-0.4, -0.2) is 19.7 Å². The van der Waals surface area contributed by atoms with Crippen LogP contribution < -0.4 is 5.32 Å². The molecule has 0 aliphatic rings. The van der Waals surface area contributed by atoms with Crippen molar-refractivity contribution in [3.8, 4) is 0 Å². The Labute approximate surface area is 94.5 Å². The van der Waals surface area contributed by atoms with Crippen LogP contribution in [0.5, 0.6) is 0 Å². The first kappa shape index (κ1) is 10.6. The minimum absolute atomic E-state index is 0.718. The number of aromatic nitrogens is 4. The largest absolute Gasteiger partial charge is 0.366 e. The van der Waals surface area contributed by atoms with Crippen LogP contribution in [0.3, 0.4) is 0 Å². The molecule has 0 amide bonds. The lowest BCUT2D eigenvalue weighted by molar-refractivity contribution is 0.607. The fraction of sp³-hybridized carbons (Fsp3) is 0.364. The summed E-state index contributed by atoms with van der Waals surface area (Å²) in [4.78, 5) is 7.94. The monoisotopic (exact) mass is 217 g/mol. The quantitative estimate of drug-likeness (QED) is 0.828. The van der Waals surface area contributed by atoms with Crippen LogP contribution in [0.25, 0.3) is 0 Å². The molecule has 0 bridgehead atoms. The number of rotatable bonds is 5. The summed E-state index contributed by atoms with van der Waals surface area (Å²) >= 11 is 0. The molecule has 0 unspecified atom stereocenters. The number of hydrogen-bond donors (Lipinski definition) is 1. The van der Waals surface area contributed by atoms with E-state index in [0.717, 1.165) is 30.9 Å². The van der Waals surface area contributed by atoms with Gasteiger partial charge in [0.2, 0.25) is 0 Å². The van der Waals surface area contributed by atoms with Gasteiger partial charge < -0.3 is 5.32 Å². The average molecular weight is 217 g/mol. The van der Waals surface area contributed by atoms with Crippen molar-refractivity contribution >= 4 is 5.82 Å². The van der Waals surface area contributed by atoms with Crippen molar-refractivity contribution in [2.24, 2.45) is 0 Å². The molecule has 5 heteroatoms. The molecular weight excluding hydrogens is 202 g/mol. The zero-order chi connectivity index (χ0) is 11.2. The Morgan fingerprint density at radius 2 is 2.12 bits per heavy atom. The van der Waals surface area contributed by atoms with Gasteiger partial charge in [-0.15, -0.1) is 0 Å². The lowest BCUT2D eigenvalue weighted by Gasteiger charge is -2.08. The molecule has 0 aromatic carbocycles. The van der Waals surface area contributed by atoms with Crippen LogP contribution in [-0.2, 0) is 13.1 Å². The number of nitrogens with zero attached hydrogens (tertiary/aromatic N) is 4. The Hall–Kier alpha value is -1.91. The number of hydrogen-bond acceptors (Lipinski definition) is 4. The van der Waals surface area contributed by atoms with Gasteiger partial charge in [0.05, 0.1) is 6.20 Å². The summed E-state index contributed by atoms with van der Waals surface area (Å²) in [5.41, 5.74) is 1.06. The maximum absolute atomic E-state index is 4.24. The van der Waals surface area contributed by atoms with Crippen molar-refractivity contribution in [2.45, 2.75) is 26.4 Å². The molecule has 0 saturated carbocycles. The maximum atomic E-state index is 4.24. The van der Waals surface area contributed by atoms with Crippen LogP contribution in [0.1, 0.15) is 18.9 Å². The molecule has 1 N–H and O–H groups in total. The van der Waals surface area contributed by atoms with Gasteiger partial charge >= 0.3 is 0 Å². The van der Waals surface area contributed by atoms with E-state index in [0.29, 0.717) is 0 Å². The van der Waals surface area contributed by atoms with E-state index in [9.17, 15) is 0 Å². The van der Waals surface area contributed by atoms with Crippen LogP contribution in [0.15, 0.2) is 31.0 Å². The van der Waals surface area contributed by atoms with Crippen molar-refractivity contribution in [3.63, 3.8) is 0 Å². The highest BCUT2D eigenvalue weighted by atomic mass is 15.3. The summed E-state index contributed by atoms with van der Waals surface area (Å²) < 4.78 is 1.96. The summed E-state index contributed by atoms with van der Waals surface area (Å²) in [5, 5.41) is 7.56. The lowest BCUT2D eigenvalue weighted by atomic mass is 10.3. The van der Waals surface area contributed by atoms with E-state index in [4.69, 9.17) is 0 Å². The third-order valence-corrected chi connectivity index (χ3v) is 2.24. The van der Waals surface area contributed by atoms with Gasteiger partial charge in [0.15, 0.2) is 0 Å². The van der Waals surface area contributed by atoms with Gasteiger partial charge in [0.1, 0.15) is 12.1 Å². The first-order chi connectivity index (χ1) is 7.90. The predicted molar refractivity (Wildman–Crippen MR) is 61.9 cm³/mol. The normalized spacial score (nSPS) is 10.3. The van der Waals surface area contributed by atoms with Gasteiger partial charge in [-0.25, -0.2) is 14.6 Å². The Balaban J connectivity index is 1.97. The van der Waals surface area contributed by atoms with E-state index in [1.807, 2.05) is 10.7 Å². The SMILES string of the molecule is CCCn1nccc1NCc1cncnc1. The summed E-state index contributed by atoms with van der Waals surface area (Å²) in [7, 11) is 0. The molecule has 0 spiro atoms. The number of aryl methyl sites for hydroxylation is 1. The highest BCUT2D eigenvalue weighted by molar-refractivity contribution is 5.34. The summed E-state index contributed by atoms with van der Waals surface area (Å²) in [5.74, 6) is 1.03. The van der Waals surface area contributed by atoms with Crippen LogP contribution in [0.2, 0.25) is 0 Å². The second-order valence-corrected chi connectivity index (χ2v) is 3.54. The highest BCUT2D eigenvalue weighted by Gasteiger charge is 2.00. The van der Waals surface area contributed by atoms with Crippen LogP contribution in [0.4, 0.5) is 5.82 Å². The molecule has 0 radical (unpaired) electrons. The number of nitrogens with one attached hydrogen (secondary N) is 1. The minimum atomic E-state index is 0.718. The van der Waals surface area contributed by atoms with E-state index in [1.165, 1.54) is 6.33 Å². The van der Waals surface area contributed by atoms with Gasteiger partial charge in [-0.3, -0.25) is 0 Å². The van der Waals surface area contributed by atoms with E-state index in [1.54, 1.807) is 18.6 Å². The highest BCUT2D eigenvalue weighted by Crippen LogP contribution is 2.08. The molecule has 0 atom stereocenters. The summed E-state index contributed by atoms with van der Waals surface area (Å²) in [6.45, 7) is 3.79. The second-order valence-electron chi connectivity index (χ2n) is 3.54. The first-order valence-corrected chi connectivity index (χ1v) is 5.39. The van der Waals surface area contributed by atoms with Gasteiger partial charge in [-0.2, -0.15) is 5.10 Å². The Morgan fingerprint density at radius 1 is 1.31 bits per heavy atom. The third kappa shape index (κ3) is 2.56. The molecule has 16 heavy (non-hydrogen) atoms.